The van der Waals surface area contributed by atoms with Crippen molar-refractivity contribution in [1.82, 2.24) is 10.6 Å². The van der Waals surface area contributed by atoms with E-state index in [0.717, 1.165) is 24.9 Å². The average Bonchev–Trinajstić information content (AvgIpc) is 3.19. The molecule has 2 N–H and O–H groups in total. The fourth-order valence-corrected chi connectivity index (χ4v) is 2.36. The number of carbonyl (C=O) groups is 1. The van der Waals surface area contributed by atoms with Crippen LogP contribution in [0, 0.1) is 0 Å². The summed E-state index contributed by atoms with van der Waals surface area (Å²) in [4.78, 5) is 12.3. The van der Waals surface area contributed by atoms with Gasteiger partial charge in [0, 0.05) is 12.6 Å². The van der Waals surface area contributed by atoms with Gasteiger partial charge in [-0.3, -0.25) is 4.79 Å². The summed E-state index contributed by atoms with van der Waals surface area (Å²) < 4.78 is 0. The minimum atomic E-state index is -0.243. The molecule has 0 heterocycles. The minimum Gasteiger partial charge on any atom is -0.354 e. The number of nitrogens with one attached hydrogen (secondary N) is 2. The number of hydrogen-bond donors (Lipinski definition) is 2. The predicted octanol–water partition coefficient (Wildman–Crippen LogP) is 2.25. The molecule has 2 rings (SSSR count). The smallest absolute Gasteiger partial charge is 0.230 e. The molecule has 0 radical (unpaired) electrons. The Morgan fingerprint density at radius 2 is 1.95 bits per heavy atom. The molecule has 0 aliphatic heterocycles. The van der Waals surface area contributed by atoms with E-state index in [2.05, 4.69) is 36.6 Å². The van der Waals surface area contributed by atoms with Gasteiger partial charge in [-0.1, -0.05) is 37.3 Å². The molecule has 0 bridgehead atoms. The lowest BCUT2D eigenvalue weighted by molar-refractivity contribution is -0.123. The van der Waals surface area contributed by atoms with Gasteiger partial charge in [0.15, 0.2) is 0 Å². The lowest BCUT2D eigenvalue weighted by Crippen LogP contribution is -2.42. The van der Waals surface area contributed by atoms with E-state index in [4.69, 9.17) is 0 Å². The van der Waals surface area contributed by atoms with Gasteiger partial charge in [0.05, 0.1) is 5.41 Å². The van der Waals surface area contributed by atoms with Gasteiger partial charge in [-0.15, -0.1) is 12.4 Å². The van der Waals surface area contributed by atoms with Crippen LogP contribution in [0.5, 0.6) is 0 Å². The Bertz CT molecular complexity index is 404. The molecule has 3 nitrogen and oxygen atoms in total. The van der Waals surface area contributed by atoms with Crippen molar-refractivity contribution in [2.24, 2.45) is 0 Å². The third kappa shape index (κ3) is 3.71. The number of amides is 1. The molecular formula is C15H23ClN2O. The maximum Gasteiger partial charge on any atom is 0.230 e. The number of likely N-dealkylation sites (N-methyl/N-ethyl adjacent to an activating group) is 1. The van der Waals surface area contributed by atoms with E-state index in [1.807, 2.05) is 18.2 Å². The molecule has 0 aromatic heterocycles. The quantitative estimate of drug-likeness (QED) is 0.840. The van der Waals surface area contributed by atoms with Crippen molar-refractivity contribution >= 4 is 18.3 Å². The van der Waals surface area contributed by atoms with E-state index in [9.17, 15) is 4.79 Å². The van der Waals surface area contributed by atoms with Crippen LogP contribution in [0.3, 0.4) is 0 Å². The highest BCUT2D eigenvalue weighted by Crippen LogP contribution is 2.48. The maximum atomic E-state index is 12.3. The zero-order valence-corrected chi connectivity index (χ0v) is 12.4. The minimum absolute atomic E-state index is 0. The van der Waals surface area contributed by atoms with Gasteiger partial charge in [0.25, 0.3) is 0 Å². The average molecular weight is 283 g/mol. The lowest BCUT2D eigenvalue weighted by Gasteiger charge is -2.18. The fourth-order valence-electron chi connectivity index (χ4n) is 2.36. The first-order valence-corrected chi connectivity index (χ1v) is 6.76. The Morgan fingerprint density at radius 1 is 1.32 bits per heavy atom. The van der Waals surface area contributed by atoms with Gasteiger partial charge < -0.3 is 10.6 Å². The summed E-state index contributed by atoms with van der Waals surface area (Å²) in [5.74, 6) is 0.179. The van der Waals surface area contributed by atoms with Crippen molar-refractivity contribution in [3.63, 3.8) is 0 Å². The highest BCUT2D eigenvalue weighted by Gasteiger charge is 2.50. The van der Waals surface area contributed by atoms with Crippen LogP contribution in [-0.2, 0) is 10.2 Å². The van der Waals surface area contributed by atoms with Gasteiger partial charge in [-0.2, -0.15) is 0 Å². The van der Waals surface area contributed by atoms with Crippen LogP contribution < -0.4 is 10.6 Å². The van der Waals surface area contributed by atoms with Gasteiger partial charge in [0.1, 0.15) is 0 Å². The van der Waals surface area contributed by atoms with Gasteiger partial charge in [0.2, 0.25) is 5.91 Å². The van der Waals surface area contributed by atoms with E-state index in [1.165, 1.54) is 0 Å². The number of halogens is 1. The fraction of sp³-hybridized carbons (Fsp3) is 0.533. The molecule has 1 atom stereocenters. The van der Waals surface area contributed by atoms with E-state index in [-0.39, 0.29) is 23.7 Å². The summed E-state index contributed by atoms with van der Waals surface area (Å²) in [5, 5.41) is 6.36. The van der Waals surface area contributed by atoms with Crippen LogP contribution in [0.4, 0.5) is 0 Å². The molecule has 1 aromatic carbocycles. The molecular weight excluding hydrogens is 260 g/mol. The van der Waals surface area contributed by atoms with Crippen LogP contribution >= 0.6 is 12.4 Å². The molecule has 1 aliphatic carbocycles. The van der Waals surface area contributed by atoms with Crippen molar-refractivity contribution in [3.05, 3.63) is 35.9 Å². The number of hydrogen-bond acceptors (Lipinski definition) is 2. The second-order valence-electron chi connectivity index (χ2n) is 5.12. The van der Waals surface area contributed by atoms with Gasteiger partial charge >= 0.3 is 0 Å². The zero-order chi connectivity index (χ0) is 13.0. The van der Waals surface area contributed by atoms with Crippen molar-refractivity contribution < 1.29 is 4.79 Å². The molecule has 1 aliphatic rings. The van der Waals surface area contributed by atoms with Crippen molar-refractivity contribution in [2.75, 3.05) is 13.1 Å². The Kier molecular flexibility index (Phi) is 5.83. The van der Waals surface area contributed by atoms with Crippen LogP contribution in [0.2, 0.25) is 0 Å². The first-order valence-electron chi connectivity index (χ1n) is 6.76. The molecule has 4 heteroatoms. The Labute approximate surface area is 121 Å². The molecule has 1 saturated carbocycles. The second kappa shape index (κ2) is 6.92. The highest BCUT2D eigenvalue weighted by atomic mass is 35.5. The van der Waals surface area contributed by atoms with E-state index >= 15 is 0 Å². The normalized spacial score (nSPS) is 17.2. The molecule has 1 aromatic rings. The van der Waals surface area contributed by atoms with Crippen molar-refractivity contribution in [1.29, 1.82) is 0 Å². The van der Waals surface area contributed by atoms with E-state index in [1.54, 1.807) is 0 Å². The Balaban J connectivity index is 0.00000180. The monoisotopic (exact) mass is 282 g/mol. The molecule has 0 saturated heterocycles. The summed E-state index contributed by atoms with van der Waals surface area (Å²) in [5.41, 5.74) is 0.909. The van der Waals surface area contributed by atoms with E-state index < -0.39 is 0 Å². The van der Waals surface area contributed by atoms with Crippen molar-refractivity contribution in [3.8, 4) is 0 Å². The first-order chi connectivity index (χ1) is 8.69. The summed E-state index contributed by atoms with van der Waals surface area (Å²) in [6.07, 6.45) is 1.94. The maximum absolute atomic E-state index is 12.3. The van der Waals surface area contributed by atoms with Crippen molar-refractivity contribution in [2.45, 2.75) is 38.1 Å². The molecule has 1 amide bonds. The molecule has 0 spiro atoms. The first kappa shape index (κ1) is 16.0. The molecule has 1 fully saturated rings. The SMILES string of the molecule is CCN[C@H](C)CNC(=O)C1(c2ccccc2)CC1.Cl. The zero-order valence-electron chi connectivity index (χ0n) is 11.6. The number of benzene rings is 1. The second-order valence-corrected chi connectivity index (χ2v) is 5.12. The van der Waals surface area contributed by atoms with Crippen LogP contribution in [-0.4, -0.2) is 25.0 Å². The van der Waals surface area contributed by atoms with Gasteiger partial charge in [-0.25, -0.2) is 0 Å². The molecule has 19 heavy (non-hydrogen) atoms. The third-order valence-electron chi connectivity index (χ3n) is 3.63. The van der Waals surface area contributed by atoms with Crippen LogP contribution in [0.25, 0.3) is 0 Å². The van der Waals surface area contributed by atoms with Crippen LogP contribution in [0.15, 0.2) is 30.3 Å². The largest absolute Gasteiger partial charge is 0.354 e. The summed E-state index contributed by atoms with van der Waals surface area (Å²) in [6, 6.07) is 10.4. The van der Waals surface area contributed by atoms with Crippen LogP contribution in [0.1, 0.15) is 32.3 Å². The Hall–Kier alpha value is -1.06. The summed E-state index contributed by atoms with van der Waals surface area (Å²) in [6.45, 7) is 5.79. The highest BCUT2D eigenvalue weighted by molar-refractivity contribution is 5.91. The molecule has 0 unspecified atom stereocenters. The Morgan fingerprint density at radius 3 is 2.47 bits per heavy atom. The number of rotatable bonds is 6. The molecule has 106 valence electrons. The van der Waals surface area contributed by atoms with Gasteiger partial charge in [-0.05, 0) is 31.9 Å². The standard InChI is InChI=1S/C15H22N2O.ClH/c1-3-16-12(2)11-17-14(18)15(9-10-15)13-7-5-4-6-8-13;/h4-8,12,16H,3,9-11H2,1-2H3,(H,17,18);1H/t12-;/m1./s1. The lowest BCUT2D eigenvalue weighted by atomic mass is 9.95. The summed E-state index contributed by atoms with van der Waals surface area (Å²) >= 11 is 0. The topological polar surface area (TPSA) is 41.1 Å². The number of carbonyl (C=O) groups excluding carboxylic acids is 1. The predicted molar refractivity (Wildman–Crippen MR) is 80.8 cm³/mol. The van der Waals surface area contributed by atoms with E-state index in [0.29, 0.717) is 12.6 Å². The third-order valence-corrected chi connectivity index (χ3v) is 3.63. The summed E-state index contributed by atoms with van der Waals surface area (Å²) in [7, 11) is 0.